The molecule has 5 nitrogen and oxygen atoms in total. The third-order valence-electron chi connectivity index (χ3n) is 3.75. The Hall–Kier alpha value is -1.36. The zero-order chi connectivity index (χ0) is 14.8. The predicted octanol–water partition coefficient (Wildman–Crippen LogP) is 1.53. The Labute approximate surface area is 120 Å². The molecule has 2 atom stereocenters. The summed E-state index contributed by atoms with van der Waals surface area (Å²) in [6.45, 7) is 8.06. The fraction of sp³-hybridized carbons (Fsp3) is 0.733. The smallest absolute Gasteiger partial charge is 0.224 e. The van der Waals surface area contributed by atoms with Crippen molar-refractivity contribution >= 4 is 5.91 Å². The van der Waals surface area contributed by atoms with Gasteiger partial charge in [0.2, 0.25) is 5.91 Å². The van der Waals surface area contributed by atoms with Gasteiger partial charge in [-0.15, -0.1) is 0 Å². The van der Waals surface area contributed by atoms with Crippen molar-refractivity contribution in [1.29, 1.82) is 0 Å². The molecule has 2 rings (SSSR count). The number of aryl methyl sites for hydroxylation is 1. The zero-order valence-electron chi connectivity index (χ0n) is 12.8. The molecule has 1 aliphatic rings. The van der Waals surface area contributed by atoms with Crippen molar-refractivity contribution in [2.24, 2.45) is 18.4 Å². The molecule has 0 radical (unpaired) electrons. The average molecular weight is 279 g/mol. The normalized spacial score (nSPS) is 23.0. The van der Waals surface area contributed by atoms with Crippen LogP contribution >= 0.6 is 0 Å². The summed E-state index contributed by atoms with van der Waals surface area (Å²) in [5.74, 6) is 0.463. The summed E-state index contributed by atoms with van der Waals surface area (Å²) in [5, 5.41) is 7.10. The molecule has 0 aromatic carbocycles. The van der Waals surface area contributed by atoms with Crippen molar-refractivity contribution in [1.82, 2.24) is 15.1 Å². The quantitative estimate of drug-likeness (QED) is 0.909. The Morgan fingerprint density at radius 3 is 2.90 bits per heavy atom. The van der Waals surface area contributed by atoms with Crippen molar-refractivity contribution in [3.8, 4) is 0 Å². The highest BCUT2D eigenvalue weighted by Gasteiger charge is 2.37. The first-order valence-electron chi connectivity index (χ1n) is 7.22. The number of aromatic nitrogens is 2. The number of ether oxygens (including phenoxy) is 1. The molecular formula is C15H25N3O2. The Morgan fingerprint density at radius 2 is 2.30 bits per heavy atom. The van der Waals surface area contributed by atoms with Gasteiger partial charge in [0.15, 0.2) is 0 Å². The third-order valence-corrected chi connectivity index (χ3v) is 3.75. The lowest BCUT2D eigenvalue weighted by atomic mass is 9.81. The summed E-state index contributed by atoms with van der Waals surface area (Å²) < 4.78 is 7.53. The second kappa shape index (κ2) is 5.95. The first kappa shape index (κ1) is 15.0. The van der Waals surface area contributed by atoms with Crippen molar-refractivity contribution in [3.05, 3.63) is 18.0 Å². The van der Waals surface area contributed by atoms with Crippen LogP contribution in [0.3, 0.4) is 0 Å². The average Bonchev–Trinajstić information content (AvgIpc) is 2.94. The summed E-state index contributed by atoms with van der Waals surface area (Å²) in [7, 11) is 1.85. The van der Waals surface area contributed by atoms with E-state index in [0.29, 0.717) is 18.9 Å². The van der Waals surface area contributed by atoms with E-state index in [1.54, 1.807) is 10.9 Å². The molecule has 2 heterocycles. The van der Waals surface area contributed by atoms with Crippen LogP contribution in [0.25, 0.3) is 0 Å². The number of rotatable bonds is 4. The van der Waals surface area contributed by atoms with Gasteiger partial charge < -0.3 is 10.1 Å². The van der Waals surface area contributed by atoms with Crippen molar-refractivity contribution < 1.29 is 9.53 Å². The van der Waals surface area contributed by atoms with Crippen LogP contribution < -0.4 is 5.32 Å². The van der Waals surface area contributed by atoms with Crippen LogP contribution in [0.4, 0.5) is 0 Å². The Balaban J connectivity index is 1.81. The molecule has 20 heavy (non-hydrogen) atoms. The number of nitrogens with one attached hydrogen (secondary N) is 1. The molecule has 5 heteroatoms. The van der Waals surface area contributed by atoms with E-state index < -0.39 is 0 Å². The van der Waals surface area contributed by atoms with Crippen LogP contribution in [-0.2, 0) is 23.0 Å². The lowest BCUT2D eigenvalue weighted by Crippen LogP contribution is -2.39. The molecule has 112 valence electrons. The van der Waals surface area contributed by atoms with Gasteiger partial charge in [-0.2, -0.15) is 5.10 Å². The fourth-order valence-electron chi connectivity index (χ4n) is 2.86. The molecule has 0 bridgehead atoms. The van der Waals surface area contributed by atoms with Crippen LogP contribution in [0.5, 0.6) is 0 Å². The fourth-order valence-corrected chi connectivity index (χ4v) is 2.86. The van der Waals surface area contributed by atoms with Gasteiger partial charge in [0.25, 0.3) is 0 Å². The van der Waals surface area contributed by atoms with Crippen LogP contribution in [-0.4, -0.2) is 34.9 Å². The number of hydrogen-bond acceptors (Lipinski definition) is 3. The minimum Gasteiger partial charge on any atom is -0.377 e. The molecule has 1 N–H and O–H groups in total. The van der Waals surface area contributed by atoms with E-state index in [0.717, 1.165) is 18.6 Å². The molecule has 1 aromatic rings. The van der Waals surface area contributed by atoms with Crippen molar-refractivity contribution in [2.75, 3.05) is 13.2 Å². The maximum absolute atomic E-state index is 11.9. The lowest BCUT2D eigenvalue weighted by molar-refractivity contribution is -0.120. The molecule has 1 fully saturated rings. The minimum atomic E-state index is 0.0533. The largest absolute Gasteiger partial charge is 0.377 e. The second-order valence-corrected chi connectivity index (χ2v) is 6.71. The maximum atomic E-state index is 11.9. The van der Waals surface area contributed by atoms with Gasteiger partial charge in [-0.1, -0.05) is 20.8 Å². The van der Waals surface area contributed by atoms with Gasteiger partial charge in [-0.3, -0.25) is 9.48 Å². The van der Waals surface area contributed by atoms with Crippen LogP contribution in [0.2, 0.25) is 0 Å². The summed E-state index contributed by atoms with van der Waals surface area (Å²) in [5.41, 5.74) is 1.06. The SMILES string of the molecule is Cn1cc(CC(=O)NC[C@H]2CCO[C@@H]2C(C)(C)C)cn1. The number of carbonyl (C=O) groups excluding carboxylic acids is 1. The molecule has 1 aliphatic heterocycles. The molecular weight excluding hydrogens is 254 g/mol. The number of amides is 1. The van der Waals surface area contributed by atoms with Crippen LogP contribution in [0.1, 0.15) is 32.8 Å². The van der Waals surface area contributed by atoms with E-state index in [1.165, 1.54) is 0 Å². The molecule has 0 aliphatic carbocycles. The Morgan fingerprint density at radius 1 is 1.55 bits per heavy atom. The van der Waals surface area contributed by atoms with Gasteiger partial charge >= 0.3 is 0 Å². The molecule has 0 spiro atoms. The molecule has 1 saturated heterocycles. The second-order valence-electron chi connectivity index (χ2n) is 6.71. The van der Waals surface area contributed by atoms with Gasteiger partial charge in [0, 0.05) is 32.3 Å². The van der Waals surface area contributed by atoms with Gasteiger partial charge in [0.1, 0.15) is 0 Å². The number of carbonyl (C=O) groups is 1. The molecule has 1 aromatic heterocycles. The monoisotopic (exact) mass is 279 g/mol. The minimum absolute atomic E-state index is 0.0533. The molecule has 1 amide bonds. The van der Waals surface area contributed by atoms with Crippen molar-refractivity contribution in [3.63, 3.8) is 0 Å². The van der Waals surface area contributed by atoms with Gasteiger partial charge in [-0.05, 0) is 17.4 Å². The number of nitrogens with zero attached hydrogens (tertiary/aromatic N) is 2. The van der Waals surface area contributed by atoms with Crippen molar-refractivity contribution in [2.45, 2.75) is 39.7 Å². The van der Waals surface area contributed by atoms with E-state index >= 15 is 0 Å². The number of hydrogen-bond donors (Lipinski definition) is 1. The summed E-state index contributed by atoms with van der Waals surface area (Å²) >= 11 is 0. The molecule has 0 saturated carbocycles. The summed E-state index contributed by atoms with van der Waals surface area (Å²) in [6, 6.07) is 0. The van der Waals surface area contributed by atoms with E-state index in [9.17, 15) is 4.79 Å². The highest BCUT2D eigenvalue weighted by molar-refractivity contribution is 5.78. The summed E-state index contributed by atoms with van der Waals surface area (Å²) in [6.07, 6.45) is 5.24. The highest BCUT2D eigenvalue weighted by Crippen LogP contribution is 2.34. The van der Waals surface area contributed by atoms with E-state index in [1.807, 2.05) is 13.2 Å². The van der Waals surface area contributed by atoms with Gasteiger partial charge in [-0.25, -0.2) is 0 Å². The Kier molecular flexibility index (Phi) is 4.48. The van der Waals surface area contributed by atoms with E-state index in [2.05, 4.69) is 31.2 Å². The first-order chi connectivity index (χ1) is 9.36. The Bertz CT molecular complexity index is 462. The lowest BCUT2D eigenvalue weighted by Gasteiger charge is -2.31. The van der Waals surface area contributed by atoms with Crippen LogP contribution in [0.15, 0.2) is 12.4 Å². The zero-order valence-corrected chi connectivity index (χ0v) is 12.8. The van der Waals surface area contributed by atoms with Crippen LogP contribution in [0, 0.1) is 11.3 Å². The summed E-state index contributed by atoms with van der Waals surface area (Å²) in [4.78, 5) is 11.9. The maximum Gasteiger partial charge on any atom is 0.224 e. The highest BCUT2D eigenvalue weighted by atomic mass is 16.5. The molecule has 0 unspecified atom stereocenters. The van der Waals surface area contributed by atoms with E-state index in [4.69, 9.17) is 4.74 Å². The predicted molar refractivity (Wildman–Crippen MR) is 77.2 cm³/mol. The first-order valence-corrected chi connectivity index (χ1v) is 7.22. The van der Waals surface area contributed by atoms with Gasteiger partial charge in [0.05, 0.1) is 18.7 Å². The topological polar surface area (TPSA) is 56.2 Å². The van der Waals surface area contributed by atoms with E-state index in [-0.39, 0.29) is 17.4 Å². The third kappa shape index (κ3) is 3.82. The standard InChI is InChI=1S/C15H25N3O2/c1-15(2,3)14-12(5-6-20-14)9-16-13(19)7-11-8-17-18(4)10-11/h8,10,12,14H,5-7,9H2,1-4H3,(H,16,19)/t12-,14+/m1/s1.